The molecular formula is C12H12Cl2INO. The minimum atomic E-state index is 0.0480. The Balaban J connectivity index is 2.11. The van der Waals surface area contributed by atoms with E-state index in [1.54, 1.807) is 6.07 Å². The second-order valence-corrected chi connectivity index (χ2v) is 6.28. The minimum Gasteiger partial charge on any atom is -0.339 e. The van der Waals surface area contributed by atoms with Crippen LogP contribution in [0.5, 0.6) is 0 Å². The molecule has 0 atom stereocenters. The summed E-state index contributed by atoms with van der Waals surface area (Å²) < 4.78 is 0.959. The molecule has 1 amide bonds. The standard InChI is InChI=1S/C12H12Cl2INO/c13-9-3-5-16(6-4-9)12(17)8-1-2-11(15)10(14)7-8/h1-2,7,9H,3-6H2. The molecule has 0 bridgehead atoms. The highest BCUT2D eigenvalue weighted by molar-refractivity contribution is 14.1. The van der Waals surface area contributed by atoms with Crippen molar-refractivity contribution in [1.82, 2.24) is 4.90 Å². The fourth-order valence-corrected chi connectivity index (χ4v) is 2.57. The van der Waals surface area contributed by atoms with Gasteiger partial charge < -0.3 is 4.90 Å². The predicted molar refractivity (Wildman–Crippen MR) is 78.9 cm³/mol. The summed E-state index contributed by atoms with van der Waals surface area (Å²) >= 11 is 14.2. The Morgan fingerprint density at radius 2 is 2.00 bits per heavy atom. The van der Waals surface area contributed by atoms with Gasteiger partial charge in [0.05, 0.1) is 5.02 Å². The van der Waals surface area contributed by atoms with Crippen molar-refractivity contribution in [2.24, 2.45) is 0 Å². The monoisotopic (exact) mass is 383 g/mol. The van der Waals surface area contributed by atoms with E-state index in [0.717, 1.165) is 29.5 Å². The van der Waals surface area contributed by atoms with Crippen LogP contribution in [0.4, 0.5) is 0 Å². The third kappa shape index (κ3) is 3.26. The van der Waals surface area contributed by atoms with Gasteiger partial charge in [0.1, 0.15) is 0 Å². The summed E-state index contributed by atoms with van der Waals surface area (Å²) in [5, 5.41) is 0.836. The number of piperidine rings is 1. The maximum atomic E-state index is 12.2. The number of likely N-dealkylation sites (tertiary alicyclic amines) is 1. The molecule has 1 aliphatic heterocycles. The molecule has 2 rings (SSSR count). The van der Waals surface area contributed by atoms with E-state index in [4.69, 9.17) is 23.2 Å². The molecule has 1 saturated heterocycles. The highest BCUT2D eigenvalue weighted by atomic mass is 127. The Labute approximate surface area is 124 Å². The topological polar surface area (TPSA) is 20.3 Å². The highest BCUT2D eigenvalue weighted by Gasteiger charge is 2.22. The largest absolute Gasteiger partial charge is 0.339 e. The van der Waals surface area contributed by atoms with Crippen LogP contribution in [-0.4, -0.2) is 29.3 Å². The summed E-state index contributed by atoms with van der Waals surface area (Å²) in [6.45, 7) is 1.47. The molecule has 0 unspecified atom stereocenters. The van der Waals surface area contributed by atoms with Gasteiger partial charge in [0.25, 0.3) is 5.91 Å². The lowest BCUT2D eigenvalue weighted by Crippen LogP contribution is -2.38. The van der Waals surface area contributed by atoms with Crippen LogP contribution >= 0.6 is 45.8 Å². The molecule has 1 aliphatic rings. The highest BCUT2D eigenvalue weighted by Crippen LogP contribution is 2.22. The van der Waals surface area contributed by atoms with Gasteiger partial charge in [-0.1, -0.05) is 11.6 Å². The van der Waals surface area contributed by atoms with E-state index in [-0.39, 0.29) is 11.3 Å². The average Bonchev–Trinajstić information content (AvgIpc) is 2.33. The second-order valence-electron chi connectivity index (χ2n) is 4.10. The zero-order valence-corrected chi connectivity index (χ0v) is 12.8. The van der Waals surface area contributed by atoms with Gasteiger partial charge in [-0.2, -0.15) is 0 Å². The van der Waals surface area contributed by atoms with Crippen LogP contribution in [0.25, 0.3) is 0 Å². The lowest BCUT2D eigenvalue weighted by molar-refractivity contribution is 0.0726. The van der Waals surface area contributed by atoms with Crippen LogP contribution in [0.2, 0.25) is 5.02 Å². The van der Waals surface area contributed by atoms with Crippen molar-refractivity contribution in [3.05, 3.63) is 32.4 Å². The number of halogens is 3. The summed E-state index contributed by atoms with van der Waals surface area (Å²) in [7, 11) is 0. The van der Waals surface area contributed by atoms with Gasteiger partial charge in [0.15, 0.2) is 0 Å². The molecule has 17 heavy (non-hydrogen) atoms. The number of benzene rings is 1. The lowest BCUT2D eigenvalue weighted by atomic mass is 10.1. The van der Waals surface area contributed by atoms with E-state index in [1.165, 1.54) is 0 Å². The molecule has 0 aromatic heterocycles. The molecule has 1 heterocycles. The smallest absolute Gasteiger partial charge is 0.253 e. The summed E-state index contributed by atoms with van der Waals surface area (Å²) in [6.07, 6.45) is 1.73. The Bertz CT molecular complexity index is 431. The predicted octanol–water partition coefficient (Wildman–Crippen LogP) is 3.79. The van der Waals surface area contributed by atoms with Crippen molar-refractivity contribution in [2.45, 2.75) is 18.2 Å². The first kappa shape index (κ1) is 13.4. The average molecular weight is 384 g/mol. The van der Waals surface area contributed by atoms with E-state index in [2.05, 4.69) is 22.6 Å². The van der Waals surface area contributed by atoms with Gasteiger partial charge in [0, 0.05) is 27.6 Å². The first-order valence-corrected chi connectivity index (χ1v) is 7.35. The zero-order valence-electron chi connectivity index (χ0n) is 9.13. The number of alkyl halides is 1. The number of hydrogen-bond acceptors (Lipinski definition) is 1. The van der Waals surface area contributed by atoms with E-state index in [1.807, 2.05) is 17.0 Å². The normalized spacial score (nSPS) is 17.2. The van der Waals surface area contributed by atoms with Gasteiger partial charge in [-0.15, -0.1) is 11.6 Å². The van der Waals surface area contributed by atoms with Crippen LogP contribution < -0.4 is 0 Å². The van der Waals surface area contributed by atoms with Gasteiger partial charge in [-0.05, 0) is 53.6 Å². The van der Waals surface area contributed by atoms with Gasteiger partial charge in [0.2, 0.25) is 0 Å². The number of hydrogen-bond donors (Lipinski definition) is 0. The fourth-order valence-electron chi connectivity index (χ4n) is 1.86. The Morgan fingerprint density at radius 3 is 2.59 bits per heavy atom. The third-order valence-electron chi connectivity index (χ3n) is 2.88. The Morgan fingerprint density at radius 1 is 1.35 bits per heavy atom. The van der Waals surface area contributed by atoms with E-state index >= 15 is 0 Å². The molecule has 5 heteroatoms. The van der Waals surface area contributed by atoms with Crippen molar-refractivity contribution in [1.29, 1.82) is 0 Å². The van der Waals surface area contributed by atoms with Crippen molar-refractivity contribution in [2.75, 3.05) is 13.1 Å². The van der Waals surface area contributed by atoms with Crippen molar-refractivity contribution >= 4 is 51.7 Å². The molecule has 1 fully saturated rings. The molecule has 92 valence electrons. The van der Waals surface area contributed by atoms with Crippen molar-refractivity contribution < 1.29 is 4.79 Å². The number of amides is 1. The molecule has 0 saturated carbocycles. The molecule has 0 aliphatic carbocycles. The molecular weight excluding hydrogens is 372 g/mol. The van der Waals surface area contributed by atoms with E-state index < -0.39 is 0 Å². The summed E-state index contributed by atoms with van der Waals surface area (Å²) in [5.74, 6) is 0.0480. The van der Waals surface area contributed by atoms with Crippen molar-refractivity contribution in [3.63, 3.8) is 0 Å². The van der Waals surface area contributed by atoms with Crippen LogP contribution in [0.15, 0.2) is 18.2 Å². The molecule has 1 aromatic rings. The maximum Gasteiger partial charge on any atom is 0.253 e. The molecule has 0 spiro atoms. The number of nitrogens with zero attached hydrogens (tertiary/aromatic N) is 1. The Kier molecular flexibility index (Phi) is 4.55. The van der Waals surface area contributed by atoms with Crippen LogP contribution in [-0.2, 0) is 0 Å². The van der Waals surface area contributed by atoms with Gasteiger partial charge in [-0.3, -0.25) is 4.79 Å². The lowest BCUT2D eigenvalue weighted by Gasteiger charge is -2.29. The fraction of sp³-hybridized carbons (Fsp3) is 0.417. The molecule has 0 radical (unpaired) electrons. The number of carbonyl (C=O) groups is 1. The molecule has 1 aromatic carbocycles. The van der Waals surface area contributed by atoms with Crippen LogP contribution in [0, 0.1) is 3.57 Å². The van der Waals surface area contributed by atoms with Crippen LogP contribution in [0.3, 0.4) is 0 Å². The van der Waals surface area contributed by atoms with E-state index in [9.17, 15) is 4.79 Å². The minimum absolute atomic E-state index is 0.0480. The van der Waals surface area contributed by atoms with Crippen molar-refractivity contribution in [3.8, 4) is 0 Å². The van der Waals surface area contributed by atoms with Gasteiger partial charge in [-0.25, -0.2) is 0 Å². The first-order valence-electron chi connectivity index (χ1n) is 5.46. The van der Waals surface area contributed by atoms with E-state index in [0.29, 0.717) is 10.6 Å². The third-order valence-corrected chi connectivity index (χ3v) is 4.89. The summed E-state index contributed by atoms with van der Waals surface area (Å²) in [4.78, 5) is 14.0. The first-order chi connectivity index (χ1) is 8.08. The quantitative estimate of drug-likeness (QED) is 0.533. The number of carbonyl (C=O) groups excluding carboxylic acids is 1. The van der Waals surface area contributed by atoms with Crippen LogP contribution in [0.1, 0.15) is 23.2 Å². The second kappa shape index (κ2) is 5.76. The summed E-state index contributed by atoms with van der Waals surface area (Å²) in [5.41, 5.74) is 0.656. The molecule has 2 nitrogen and oxygen atoms in total. The SMILES string of the molecule is O=C(c1ccc(I)c(Cl)c1)N1CCC(Cl)CC1. The van der Waals surface area contributed by atoms with Gasteiger partial charge >= 0.3 is 0 Å². The summed E-state index contributed by atoms with van der Waals surface area (Å²) in [6, 6.07) is 5.42. The zero-order chi connectivity index (χ0) is 12.4. The maximum absolute atomic E-state index is 12.2. The Hall–Kier alpha value is -0.000000000000000167. The molecule has 0 N–H and O–H groups in total. The number of rotatable bonds is 1.